The zero-order valence-corrected chi connectivity index (χ0v) is 8.27. The van der Waals surface area contributed by atoms with Crippen LogP contribution in [0.2, 0.25) is 0 Å². The molecule has 1 heterocycles. The predicted octanol–water partition coefficient (Wildman–Crippen LogP) is 0.973. The summed E-state index contributed by atoms with van der Waals surface area (Å²) in [5, 5.41) is 16.9. The quantitative estimate of drug-likeness (QED) is 0.763. The summed E-state index contributed by atoms with van der Waals surface area (Å²) >= 11 is 0. The van der Waals surface area contributed by atoms with Crippen LogP contribution in [0.1, 0.15) is 43.6 Å². The molecule has 1 atom stereocenters. The van der Waals surface area contributed by atoms with Crippen LogP contribution in [-0.4, -0.2) is 26.1 Å². The van der Waals surface area contributed by atoms with E-state index in [1.807, 2.05) is 18.5 Å². The first-order valence-electron chi connectivity index (χ1n) is 4.78. The van der Waals surface area contributed by atoms with Gasteiger partial charge in [0, 0.05) is 6.04 Å². The molecular formula is C9H13N3O2. The molecule has 0 aromatic carbocycles. The molecule has 5 nitrogen and oxygen atoms in total. The molecule has 0 bridgehead atoms. The molecule has 1 aliphatic rings. The van der Waals surface area contributed by atoms with Crippen LogP contribution in [0.4, 0.5) is 0 Å². The van der Waals surface area contributed by atoms with Crippen molar-refractivity contribution < 1.29 is 9.90 Å². The number of hydrogen-bond acceptors (Lipinski definition) is 3. The standard InChI is InChI=1S/C9H13N3O2/c1-5(2)12-7-4-3-6(9(13)14)8(7)10-11-12/h5-6H,3-4H2,1-2H3,(H,13,14). The van der Waals surface area contributed by atoms with E-state index < -0.39 is 11.9 Å². The first-order valence-corrected chi connectivity index (χ1v) is 4.78. The minimum Gasteiger partial charge on any atom is -0.481 e. The number of rotatable bonds is 2. The van der Waals surface area contributed by atoms with Crippen molar-refractivity contribution in [3.8, 4) is 0 Å². The zero-order valence-electron chi connectivity index (χ0n) is 8.27. The fourth-order valence-electron chi connectivity index (χ4n) is 1.91. The van der Waals surface area contributed by atoms with Gasteiger partial charge in [0.1, 0.15) is 11.6 Å². The zero-order chi connectivity index (χ0) is 10.3. The normalized spacial score (nSPS) is 20.1. The van der Waals surface area contributed by atoms with Crippen LogP contribution >= 0.6 is 0 Å². The van der Waals surface area contributed by atoms with Crippen molar-refractivity contribution in [1.29, 1.82) is 0 Å². The van der Waals surface area contributed by atoms with Gasteiger partial charge < -0.3 is 5.11 Å². The Kier molecular flexibility index (Phi) is 2.02. The lowest BCUT2D eigenvalue weighted by atomic mass is 10.1. The van der Waals surface area contributed by atoms with Gasteiger partial charge in [-0.1, -0.05) is 5.21 Å². The van der Waals surface area contributed by atoms with Crippen LogP contribution in [0.5, 0.6) is 0 Å². The highest BCUT2D eigenvalue weighted by Crippen LogP contribution is 2.32. The predicted molar refractivity (Wildman–Crippen MR) is 49.1 cm³/mol. The van der Waals surface area contributed by atoms with Gasteiger partial charge in [-0.2, -0.15) is 0 Å². The van der Waals surface area contributed by atoms with Crippen molar-refractivity contribution in [3.05, 3.63) is 11.4 Å². The number of aliphatic carboxylic acids is 1. The first-order chi connectivity index (χ1) is 6.61. The smallest absolute Gasteiger partial charge is 0.312 e. The van der Waals surface area contributed by atoms with E-state index in [-0.39, 0.29) is 6.04 Å². The van der Waals surface area contributed by atoms with Crippen LogP contribution in [0.15, 0.2) is 0 Å². The summed E-state index contributed by atoms with van der Waals surface area (Å²) < 4.78 is 1.82. The maximum Gasteiger partial charge on any atom is 0.312 e. The van der Waals surface area contributed by atoms with Gasteiger partial charge in [0.25, 0.3) is 0 Å². The van der Waals surface area contributed by atoms with E-state index in [4.69, 9.17) is 5.11 Å². The molecule has 2 rings (SSSR count). The molecule has 0 saturated carbocycles. The van der Waals surface area contributed by atoms with Crippen LogP contribution in [-0.2, 0) is 11.2 Å². The highest BCUT2D eigenvalue weighted by molar-refractivity contribution is 5.76. The van der Waals surface area contributed by atoms with Gasteiger partial charge in [0.05, 0.1) is 5.69 Å². The summed E-state index contributed by atoms with van der Waals surface area (Å²) in [5.41, 5.74) is 1.65. The molecule has 14 heavy (non-hydrogen) atoms. The van der Waals surface area contributed by atoms with Gasteiger partial charge in [-0.25, -0.2) is 4.68 Å². The van der Waals surface area contributed by atoms with Gasteiger partial charge in [0.15, 0.2) is 0 Å². The molecule has 0 spiro atoms. The molecular weight excluding hydrogens is 182 g/mol. The molecule has 1 aromatic rings. The summed E-state index contributed by atoms with van der Waals surface area (Å²) in [6.45, 7) is 4.03. The minimum absolute atomic E-state index is 0.249. The van der Waals surface area contributed by atoms with E-state index in [9.17, 15) is 4.79 Å². The summed E-state index contributed by atoms with van der Waals surface area (Å²) in [6, 6.07) is 0.249. The number of fused-ring (bicyclic) bond motifs is 1. The second-order valence-electron chi connectivity index (χ2n) is 3.89. The van der Waals surface area contributed by atoms with Gasteiger partial charge >= 0.3 is 5.97 Å². The lowest BCUT2D eigenvalue weighted by molar-refractivity contribution is -0.138. The minimum atomic E-state index is -0.792. The summed E-state index contributed by atoms with van der Waals surface area (Å²) in [7, 11) is 0. The number of carbonyl (C=O) groups is 1. The molecule has 1 unspecified atom stereocenters. The Morgan fingerprint density at radius 3 is 2.93 bits per heavy atom. The van der Waals surface area contributed by atoms with Crippen molar-refractivity contribution in [2.45, 2.75) is 38.6 Å². The summed E-state index contributed by atoms with van der Waals surface area (Å²) in [4.78, 5) is 10.9. The maximum atomic E-state index is 10.9. The molecule has 5 heteroatoms. The fraction of sp³-hybridized carbons (Fsp3) is 0.667. The molecule has 0 amide bonds. The fourth-order valence-corrected chi connectivity index (χ4v) is 1.91. The average molecular weight is 195 g/mol. The molecule has 1 N–H and O–H groups in total. The van der Waals surface area contributed by atoms with Crippen LogP contribution in [0.3, 0.4) is 0 Å². The summed E-state index contributed by atoms with van der Waals surface area (Å²) in [5.74, 6) is -1.24. The Balaban J connectivity index is 2.39. The van der Waals surface area contributed by atoms with E-state index in [1.54, 1.807) is 0 Å². The van der Waals surface area contributed by atoms with Crippen molar-refractivity contribution >= 4 is 5.97 Å². The lowest BCUT2D eigenvalue weighted by Gasteiger charge is -2.06. The molecule has 1 aromatic heterocycles. The van der Waals surface area contributed by atoms with Crippen molar-refractivity contribution in [3.63, 3.8) is 0 Å². The second kappa shape index (κ2) is 3.08. The second-order valence-corrected chi connectivity index (χ2v) is 3.89. The third kappa shape index (κ3) is 1.20. The Morgan fingerprint density at radius 2 is 2.36 bits per heavy atom. The summed E-state index contributed by atoms with van der Waals surface area (Å²) in [6.07, 6.45) is 1.43. The maximum absolute atomic E-state index is 10.9. The number of aromatic nitrogens is 3. The highest BCUT2D eigenvalue weighted by Gasteiger charge is 2.33. The first kappa shape index (κ1) is 9.18. The molecule has 76 valence electrons. The lowest BCUT2D eigenvalue weighted by Crippen LogP contribution is -2.08. The van der Waals surface area contributed by atoms with Crippen LogP contribution in [0, 0.1) is 0 Å². The molecule has 1 aliphatic carbocycles. The van der Waals surface area contributed by atoms with E-state index in [0.29, 0.717) is 12.1 Å². The van der Waals surface area contributed by atoms with E-state index in [0.717, 1.165) is 12.1 Å². The van der Waals surface area contributed by atoms with Crippen LogP contribution < -0.4 is 0 Å². The largest absolute Gasteiger partial charge is 0.481 e. The number of nitrogens with zero attached hydrogens (tertiary/aromatic N) is 3. The average Bonchev–Trinajstić information content (AvgIpc) is 2.59. The van der Waals surface area contributed by atoms with Gasteiger partial charge in [-0.05, 0) is 26.7 Å². The Morgan fingerprint density at radius 1 is 1.64 bits per heavy atom. The van der Waals surface area contributed by atoms with Gasteiger partial charge in [-0.15, -0.1) is 5.10 Å². The van der Waals surface area contributed by atoms with Crippen molar-refractivity contribution in [1.82, 2.24) is 15.0 Å². The van der Waals surface area contributed by atoms with E-state index in [2.05, 4.69) is 10.3 Å². The Labute approximate surface area is 81.7 Å². The molecule has 0 saturated heterocycles. The number of hydrogen-bond donors (Lipinski definition) is 1. The van der Waals surface area contributed by atoms with Crippen molar-refractivity contribution in [2.24, 2.45) is 0 Å². The highest BCUT2D eigenvalue weighted by atomic mass is 16.4. The van der Waals surface area contributed by atoms with E-state index in [1.165, 1.54) is 0 Å². The Hall–Kier alpha value is -1.39. The number of carboxylic acid groups (broad SMARTS) is 1. The SMILES string of the molecule is CC(C)n1nnc2c1CCC2C(=O)O. The van der Waals surface area contributed by atoms with Crippen LogP contribution in [0.25, 0.3) is 0 Å². The van der Waals surface area contributed by atoms with Gasteiger partial charge in [0.2, 0.25) is 0 Å². The Bertz CT molecular complexity index is 370. The number of carboxylic acids is 1. The van der Waals surface area contributed by atoms with E-state index >= 15 is 0 Å². The third-order valence-corrected chi connectivity index (χ3v) is 2.61. The molecule has 0 radical (unpaired) electrons. The van der Waals surface area contributed by atoms with Gasteiger partial charge in [-0.3, -0.25) is 4.79 Å². The third-order valence-electron chi connectivity index (χ3n) is 2.61. The topological polar surface area (TPSA) is 68.0 Å². The monoisotopic (exact) mass is 195 g/mol. The molecule has 0 aliphatic heterocycles. The molecule has 0 fully saturated rings. The van der Waals surface area contributed by atoms with Crippen molar-refractivity contribution in [2.75, 3.05) is 0 Å².